The summed E-state index contributed by atoms with van der Waals surface area (Å²) < 4.78 is 0. The molecule has 2 heteroatoms. The standard InChI is InChI=1S/C9H15NO/c1-4-7(2)8-5-6-10(3)9(8)11/h8H,2,4-6H2,1,3H3. The zero-order chi connectivity index (χ0) is 8.43. The lowest BCUT2D eigenvalue weighted by molar-refractivity contribution is -0.128. The minimum atomic E-state index is 0.116. The average molecular weight is 153 g/mol. The second-order valence-corrected chi connectivity index (χ2v) is 3.11. The molecule has 0 radical (unpaired) electrons. The molecule has 1 amide bonds. The van der Waals surface area contributed by atoms with Gasteiger partial charge in [-0.2, -0.15) is 0 Å². The van der Waals surface area contributed by atoms with Gasteiger partial charge in [0, 0.05) is 13.6 Å². The molecule has 1 saturated heterocycles. The van der Waals surface area contributed by atoms with Crippen molar-refractivity contribution >= 4 is 5.91 Å². The Hall–Kier alpha value is -0.790. The van der Waals surface area contributed by atoms with E-state index in [1.54, 1.807) is 4.90 Å². The molecule has 1 fully saturated rings. The maximum atomic E-state index is 11.4. The topological polar surface area (TPSA) is 20.3 Å². The van der Waals surface area contributed by atoms with E-state index in [1.807, 2.05) is 14.0 Å². The van der Waals surface area contributed by atoms with Crippen LogP contribution in [0.2, 0.25) is 0 Å². The lowest BCUT2D eigenvalue weighted by Crippen LogP contribution is -2.23. The van der Waals surface area contributed by atoms with Gasteiger partial charge in [0.25, 0.3) is 0 Å². The van der Waals surface area contributed by atoms with Crippen molar-refractivity contribution in [1.29, 1.82) is 0 Å². The Kier molecular flexibility index (Phi) is 2.32. The number of hydrogen-bond acceptors (Lipinski definition) is 1. The lowest BCUT2D eigenvalue weighted by atomic mass is 9.97. The van der Waals surface area contributed by atoms with Crippen molar-refractivity contribution in [1.82, 2.24) is 4.90 Å². The lowest BCUT2D eigenvalue weighted by Gasteiger charge is -2.10. The molecule has 1 unspecified atom stereocenters. The largest absolute Gasteiger partial charge is 0.345 e. The fraction of sp³-hybridized carbons (Fsp3) is 0.667. The van der Waals surface area contributed by atoms with Gasteiger partial charge >= 0.3 is 0 Å². The summed E-state index contributed by atoms with van der Waals surface area (Å²) in [5.41, 5.74) is 1.08. The third kappa shape index (κ3) is 1.44. The highest BCUT2D eigenvalue weighted by molar-refractivity contribution is 5.83. The zero-order valence-electron chi connectivity index (χ0n) is 7.26. The van der Waals surface area contributed by atoms with Crippen molar-refractivity contribution in [2.24, 2.45) is 5.92 Å². The molecule has 2 nitrogen and oxygen atoms in total. The molecule has 0 aromatic heterocycles. The first-order valence-electron chi connectivity index (χ1n) is 4.09. The highest BCUT2D eigenvalue weighted by atomic mass is 16.2. The second kappa shape index (κ2) is 3.07. The number of amides is 1. The Morgan fingerprint density at radius 2 is 2.45 bits per heavy atom. The Balaban J connectivity index is 2.62. The molecular weight excluding hydrogens is 138 g/mol. The van der Waals surface area contributed by atoms with E-state index in [-0.39, 0.29) is 11.8 Å². The van der Waals surface area contributed by atoms with Gasteiger partial charge in [-0.1, -0.05) is 19.1 Å². The monoisotopic (exact) mass is 153 g/mol. The molecular formula is C9H15NO. The summed E-state index contributed by atoms with van der Waals surface area (Å²) >= 11 is 0. The van der Waals surface area contributed by atoms with Crippen LogP contribution < -0.4 is 0 Å². The van der Waals surface area contributed by atoms with Crippen LogP contribution in [0.5, 0.6) is 0 Å². The number of nitrogens with zero attached hydrogens (tertiary/aromatic N) is 1. The molecule has 1 heterocycles. The molecule has 1 rings (SSSR count). The van der Waals surface area contributed by atoms with E-state index in [0.717, 1.165) is 25.0 Å². The predicted molar refractivity (Wildman–Crippen MR) is 45.2 cm³/mol. The van der Waals surface area contributed by atoms with Gasteiger partial charge in [0.2, 0.25) is 5.91 Å². The molecule has 11 heavy (non-hydrogen) atoms. The van der Waals surface area contributed by atoms with Crippen LogP contribution in [0.3, 0.4) is 0 Å². The van der Waals surface area contributed by atoms with Crippen LogP contribution in [-0.2, 0) is 4.79 Å². The van der Waals surface area contributed by atoms with Crippen molar-refractivity contribution in [3.63, 3.8) is 0 Å². The van der Waals surface area contributed by atoms with Crippen molar-refractivity contribution < 1.29 is 4.79 Å². The summed E-state index contributed by atoms with van der Waals surface area (Å²) in [5, 5.41) is 0. The van der Waals surface area contributed by atoms with Crippen LogP contribution in [0.1, 0.15) is 19.8 Å². The number of carbonyl (C=O) groups excluding carboxylic acids is 1. The summed E-state index contributed by atoms with van der Waals surface area (Å²) in [4.78, 5) is 13.2. The maximum absolute atomic E-state index is 11.4. The summed E-state index contributed by atoms with van der Waals surface area (Å²) in [6.07, 6.45) is 1.88. The first-order chi connectivity index (χ1) is 5.16. The number of carbonyl (C=O) groups is 1. The van der Waals surface area contributed by atoms with Gasteiger partial charge < -0.3 is 4.90 Å². The first-order valence-corrected chi connectivity index (χ1v) is 4.09. The van der Waals surface area contributed by atoms with Crippen molar-refractivity contribution in [2.75, 3.05) is 13.6 Å². The van der Waals surface area contributed by atoms with Gasteiger partial charge in [0.1, 0.15) is 0 Å². The Morgan fingerprint density at radius 1 is 1.82 bits per heavy atom. The van der Waals surface area contributed by atoms with E-state index in [4.69, 9.17) is 0 Å². The van der Waals surface area contributed by atoms with E-state index in [0.29, 0.717) is 0 Å². The highest BCUT2D eigenvalue weighted by Crippen LogP contribution is 2.24. The van der Waals surface area contributed by atoms with Crippen molar-refractivity contribution in [2.45, 2.75) is 19.8 Å². The fourth-order valence-electron chi connectivity index (χ4n) is 1.45. The molecule has 0 aromatic carbocycles. The molecule has 0 spiro atoms. The van der Waals surface area contributed by atoms with Gasteiger partial charge in [0.15, 0.2) is 0 Å². The summed E-state index contributed by atoms with van der Waals surface area (Å²) in [7, 11) is 1.85. The van der Waals surface area contributed by atoms with Crippen LogP contribution >= 0.6 is 0 Å². The molecule has 0 bridgehead atoms. The molecule has 1 atom stereocenters. The zero-order valence-corrected chi connectivity index (χ0v) is 7.26. The Labute approximate surface area is 67.9 Å². The highest BCUT2D eigenvalue weighted by Gasteiger charge is 2.29. The molecule has 0 aromatic rings. The molecule has 1 aliphatic rings. The Morgan fingerprint density at radius 3 is 2.82 bits per heavy atom. The second-order valence-electron chi connectivity index (χ2n) is 3.11. The fourth-order valence-corrected chi connectivity index (χ4v) is 1.45. The summed E-state index contributed by atoms with van der Waals surface area (Å²) in [6.45, 7) is 6.83. The third-order valence-electron chi connectivity index (χ3n) is 2.37. The van der Waals surface area contributed by atoms with Crippen LogP contribution in [0.4, 0.5) is 0 Å². The van der Waals surface area contributed by atoms with E-state index in [9.17, 15) is 4.79 Å². The molecule has 0 aliphatic carbocycles. The smallest absolute Gasteiger partial charge is 0.229 e. The first kappa shape index (κ1) is 8.31. The SMILES string of the molecule is C=C(CC)C1CCN(C)C1=O. The van der Waals surface area contributed by atoms with Gasteiger partial charge in [-0.15, -0.1) is 0 Å². The van der Waals surface area contributed by atoms with Crippen LogP contribution in [0.15, 0.2) is 12.2 Å². The van der Waals surface area contributed by atoms with Gasteiger partial charge in [-0.25, -0.2) is 0 Å². The maximum Gasteiger partial charge on any atom is 0.229 e. The van der Waals surface area contributed by atoms with Crippen molar-refractivity contribution in [3.05, 3.63) is 12.2 Å². The summed E-state index contributed by atoms with van der Waals surface area (Å²) in [6, 6.07) is 0. The van der Waals surface area contributed by atoms with Crippen molar-refractivity contribution in [3.8, 4) is 0 Å². The molecule has 0 saturated carbocycles. The Bertz CT molecular complexity index is 186. The quantitative estimate of drug-likeness (QED) is 0.549. The van der Waals surface area contributed by atoms with Crippen LogP contribution in [-0.4, -0.2) is 24.4 Å². The normalized spacial score (nSPS) is 24.4. The van der Waals surface area contributed by atoms with Gasteiger partial charge in [-0.05, 0) is 12.8 Å². The number of rotatable bonds is 2. The van der Waals surface area contributed by atoms with Gasteiger partial charge in [0.05, 0.1) is 5.92 Å². The number of likely N-dealkylation sites (tertiary alicyclic amines) is 1. The summed E-state index contributed by atoms with van der Waals surface area (Å²) in [5.74, 6) is 0.363. The predicted octanol–water partition coefficient (Wildman–Crippen LogP) is 1.43. The van der Waals surface area contributed by atoms with Gasteiger partial charge in [-0.3, -0.25) is 4.79 Å². The average Bonchev–Trinajstić information content (AvgIpc) is 2.32. The number of hydrogen-bond donors (Lipinski definition) is 0. The molecule has 0 N–H and O–H groups in total. The molecule has 62 valence electrons. The van der Waals surface area contributed by atoms with Crippen LogP contribution in [0, 0.1) is 5.92 Å². The molecule has 1 aliphatic heterocycles. The van der Waals surface area contributed by atoms with E-state index in [2.05, 4.69) is 6.58 Å². The van der Waals surface area contributed by atoms with E-state index in [1.165, 1.54) is 0 Å². The van der Waals surface area contributed by atoms with E-state index >= 15 is 0 Å². The van der Waals surface area contributed by atoms with Crippen LogP contribution in [0.25, 0.3) is 0 Å². The van der Waals surface area contributed by atoms with E-state index < -0.39 is 0 Å². The minimum absolute atomic E-state index is 0.116. The third-order valence-corrected chi connectivity index (χ3v) is 2.37. The minimum Gasteiger partial charge on any atom is -0.345 e.